The summed E-state index contributed by atoms with van der Waals surface area (Å²) >= 11 is 3.17. The van der Waals surface area contributed by atoms with E-state index in [4.69, 9.17) is 5.11 Å². The lowest BCUT2D eigenvalue weighted by atomic mass is 10.3. The molecule has 0 aliphatic carbocycles. The first-order chi connectivity index (χ1) is 11.3. The molecule has 2 aromatic rings. The lowest BCUT2D eigenvalue weighted by Crippen LogP contribution is -2.29. The number of halogens is 3. The number of hydrogen-bond donors (Lipinski definition) is 2. The highest BCUT2D eigenvalue weighted by Crippen LogP contribution is 2.13. The molecule has 2 N–H and O–H groups in total. The van der Waals surface area contributed by atoms with Gasteiger partial charge in [0.1, 0.15) is 4.60 Å². The van der Waals surface area contributed by atoms with Crippen molar-refractivity contribution in [2.75, 3.05) is 6.54 Å². The second-order valence-electron chi connectivity index (χ2n) is 4.63. The number of tetrazole rings is 1. The van der Waals surface area contributed by atoms with E-state index in [1.54, 1.807) is 19.1 Å². The van der Waals surface area contributed by atoms with Crippen molar-refractivity contribution >= 4 is 22.0 Å². The van der Waals surface area contributed by atoms with Gasteiger partial charge in [0.25, 0.3) is 6.08 Å². The Bertz CT molecular complexity index is 859. The Balaban J connectivity index is 2.33. The van der Waals surface area contributed by atoms with E-state index < -0.39 is 36.5 Å². The van der Waals surface area contributed by atoms with Crippen LogP contribution in [0, 0.1) is 6.92 Å². The molecule has 0 aromatic carbocycles. The van der Waals surface area contributed by atoms with Crippen molar-refractivity contribution < 1.29 is 18.7 Å². The van der Waals surface area contributed by atoms with Gasteiger partial charge in [-0.25, -0.2) is 14.6 Å². The highest BCUT2D eigenvalue weighted by Gasteiger charge is 2.16. The van der Waals surface area contributed by atoms with Crippen LogP contribution in [-0.2, 0) is 6.54 Å². The zero-order valence-electron chi connectivity index (χ0n) is 12.2. The third-order valence-electron chi connectivity index (χ3n) is 2.94. The number of nitrogens with one attached hydrogen (secondary N) is 1. The van der Waals surface area contributed by atoms with Gasteiger partial charge in [-0.15, -0.1) is 4.68 Å². The van der Waals surface area contributed by atoms with E-state index in [0.717, 1.165) is 4.68 Å². The minimum absolute atomic E-state index is 0.204. The topological polar surface area (TPSA) is 115 Å². The predicted octanol–water partition coefficient (Wildman–Crippen LogP) is 1.31. The zero-order chi connectivity index (χ0) is 17.9. The number of pyridine rings is 1. The molecular weight excluding hydrogens is 394 g/mol. The molecular formula is C12H11BrF2N6O3. The zero-order valence-corrected chi connectivity index (χ0v) is 13.8. The highest BCUT2D eigenvalue weighted by molar-refractivity contribution is 9.10. The number of carboxylic acid groups (broad SMARTS) is 1. The first kappa shape index (κ1) is 17.7. The lowest BCUT2D eigenvalue weighted by Gasteiger charge is -2.05. The van der Waals surface area contributed by atoms with Gasteiger partial charge in [0.2, 0.25) is 0 Å². The molecule has 128 valence electrons. The maximum Gasteiger partial charge on any atom is 0.404 e. The van der Waals surface area contributed by atoms with Gasteiger partial charge in [0, 0.05) is 12.1 Å². The van der Waals surface area contributed by atoms with Crippen LogP contribution >= 0.6 is 15.9 Å². The van der Waals surface area contributed by atoms with Crippen molar-refractivity contribution in [3.8, 4) is 5.82 Å². The molecule has 12 heteroatoms. The fraction of sp³-hybridized carbons (Fsp3) is 0.250. The molecule has 0 aliphatic heterocycles. The van der Waals surface area contributed by atoms with Gasteiger partial charge in [-0.3, -0.25) is 0 Å². The van der Waals surface area contributed by atoms with Gasteiger partial charge < -0.3 is 10.4 Å². The first-order valence-corrected chi connectivity index (χ1v) is 7.25. The molecule has 1 amide bonds. The van der Waals surface area contributed by atoms with Crippen molar-refractivity contribution in [2.45, 2.75) is 13.5 Å². The number of aryl methyl sites for hydroxylation is 1. The van der Waals surface area contributed by atoms with Gasteiger partial charge in [-0.05, 0) is 44.9 Å². The number of nitrogens with zero attached hydrogens (tertiary/aromatic N) is 5. The molecule has 0 radical (unpaired) electrons. The molecule has 0 unspecified atom stereocenters. The summed E-state index contributed by atoms with van der Waals surface area (Å²) in [5.74, 6) is 0.204. The Hall–Kier alpha value is -2.63. The lowest BCUT2D eigenvalue weighted by molar-refractivity contribution is 0.195. The summed E-state index contributed by atoms with van der Waals surface area (Å²) in [5, 5.41) is 17.5. The fourth-order valence-electron chi connectivity index (χ4n) is 1.76. The van der Waals surface area contributed by atoms with E-state index >= 15 is 0 Å². The van der Waals surface area contributed by atoms with Crippen molar-refractivity contribution in [3.05, 3.63) is 44.4 Å². The van der Waals surface area contributed by atoms with Crippen LogP contribution in [0.5, 0.6) is 0 Å². The van der Waals surface area contributed by atoms with Crippen LogP contribution in [0.2, 0.25) is 0 Å². The van der Waals surface area contributed by atoms with Gasteiger partial charge in [0.15, 0.2) is 5.82 Å². The predicted molar refractivity (Wildman–Crippen MR) is 81.1 cm³/mol. The van der Waals surface area contributed by atoms with Gasteiger partial charge in [0.05, 0.1) is 6.54 Å². The molecule has 0 spiro atoms. The van der Waals surface area contributed by atoms with E-state index in [-0.39, 0.29) is 5.82 Å². The van der Waals surface area contributed by atoms with Crippen LogP contribution in [0.15, 0.2) is 33.2 Å². The molecule has 2 rings (SSSR count). The summed E-state index contributed by atoms with van der Waals surface area (Å²) in [4.78, 5) is 26.8. The third kappa shape index (κ3) is 4.01. The van der Waals surface area contributed by atoms with Crippen molar-refractivity contribution in [1.29, 1.82) is 0 Å². The molecule has 0 bridgehead atoms. The molecule has 2 heterocycles. The average Bonchev–Trinajstić information content (AvgIpc) is 2.86. The number of hydrogen-bond acceptors (Lipinski definition) is 5. The van der Waals surface area contributed by atoms with Crippen molar-refractivity contribution in [2.24, 2.45) is 0 Å². The molecule has 0 atom stereocenters. The van der Waals surface area contributed by atoms with E-state index in [9.17, 15) is 18.4 Å². The van der Waals surface area contributed by atoms with Crippen LogP contribution in [0.3, 0.4) is 0 Å². The third-order valence-corrected chi connectivity index (χ3v) is 3.38. The van der Waals surface area contributed by atoms with Crippen molar-refractivity contribution in [1.82, 2.24) is 30.1 Å². The number of amides is 1. The Morgan fingerprint density at radius 2 is 2.08 bits per heavy atom. The van der Waals surface area contributed by atoms with Crippen molar-refractivity contribution in [3.63, 3.8) is 0 Å². The van der Waals surface area contributed by atoms with Crippen LogP contribution in [-0.4, -0.2) is 42.5 Å². The quantitative estimate of drug-likeness (QED) is 0.726. The van der Waals surface area contributed by atoms with E-state index in [1.165, 1.54) is 0 Å². The minimum atomic E-state index is -2.10. The smallest absolute Gasteiger partial charge is 0.404 e. The molecule has 0 saturated heterocycles. The molecule has 0 fully saturated rings. The van der Waals surface area contributed by atoms with E-state index in [0.29, 0.717) is 14.8 Å². The summed E-state index contributed by atoms with van der Waals surface area (Å²) in [6, 6.07) is 3.37. The molecule has 2 aromatic heterocycles. The van der Waals surface area contributed by atoms with Gasteiger partial charge in [-0.2, -0.15) is 13.5 Å². The standard InChI is InChI=1S/C12H11BrF2N6O3/c1-6-2-3-8(13)17-10(6)21-12(24)20(18-19-21)5-7(9(14)15)4-16-11(22)23/h2-3,16H,4-5H2,1H3,(H,22,23). The second-order valence-corrected chi connectivity index (χ2v) is 5.44. The Morgan fingerprint density at radius 1 is 1.38 bits per heavy atom. The van der Waals surface area contributed by atoms with Crippen LogP contribution < -0.4 is 11.0 Å². The number of carbonyl (C=O) groups is 1. The van der Waals surface area contributed by atoms with E-state index in [2.05, 4.69) is 31.3 Å². The summed E-state index contributed by atoms with van der Waals surface area (Å²) in [7, 11) is 0. The van der Waals surface area contributed by atoms with Crippen LogP contribution in [0.25, 0.3) is 5.82 Å². The molecule has 9 nitrogen and oxygen atoms in total. The van der Waals surface area contributed by atoms with Crippen LogP contribution in [0.1, 0.15) is 5.56 Å². The summed E-state index contributed by atoms with van der Waals surface area (Å²) in [6.45, 7) is 0.462. The van der Waals surface area contributed by atoms with Gasteiger partial charge in [-0.1, -0.05) is 6.07 Å². The fourth-order valence-corrected chi connectivity index (χ4v) is 2.06. The molecule has 24 heavy (non-hydrogen) atoms. The number of aromatic nitrogens is 5. The normalized spacial score (nSPS) is 10.5. The molecule has 0 saturated carbocycles. The first-order valence-electron chi connectivity index (χ1n) is 6.45. The monoisotopic (exact) mass is 404 g/mol. The minimum Gasteiger partial charge on any atom is -0.465 e. The average molecular weight is 405 g/mol. The molecule has 0 aliphatic rings. The second kappa shape index (κ2) is 7.29. The Labute approximate surface area is 141 Å². The highest BCUT2D eigenvalue weighted by atomic mass is 79.9. The summed E-state index contributed by atoms with van der Waals surface area (Å²) in [5.41, 5.74) is -0.740. The largest absolute Gasteiger partial charge is 0.465 e. The SMILES string of the molecule is Cc1ccc(Br)nc1-n1nnn(CC(CNC(=O)O)=C(F)F)c1=O. The Kier molecular flexibility index (Phi) is 5.39. The summed E-state index contributed by atoms with van der Waals surface area (Å²) < 4.78 is 27.8. The Morgan fingerprint density at radius 3 is 2.71 bits per heavy atom. The maximum atomic E-state index is 12.9. The van der Waals surface area contributed by atoms with E-state index in [1.807, 2.05) is 5.32 Å². The van der Waals surface area contributed by atoms with Gasteiger partial charge >= 0.3 is 11.8 Å². The number of rotatable bonds is 5. The maximum absolute atomic E-state index is 12.9. The summed E-state index contributed by atoms with van der Waals surface area (Å²) in [6.07, 6.45) is -3.55. The van der Waals surface area contributed by atoms with Crippen LogP contribution in [0.4, 0.5) is 13.6 Å².